The van der Waals surface area contributed by atoms with Crippen molar-refractivity contribution >= 4 is 17.7 Å². The Kier molecular flexibility index (Phi) is 3.53. The fraction of sp³-hybridized carbons (Fsp3) is 0.700. The lowest BCUT2D eigenvalue weighted by molar-refractivity contribution is -0.127. The van der Waals surface area contributed by atoms with E-state index in [1.165, 1.54) is 0 Å². The molecule has 0 unspecified atom stereocenters. The molecule has 15 heavy (non-hydrogen) atoms. The van der Waals surface area contributed by atoms with Crippen LogP contribution in [0.4, 0.5) is 0 Å². The van der Waals surface area contributed by atoms with Gasteiger partial charge in [0, 0.05) is 31.9 Å². The minimum Gasteiger partial charge on any atom is -0.496 e. The normalized spacial score (nSPS) is 22.6. The van der Waals surface area contributed by atoms with E-state index in [0.717, 1.165) is 49.2 Å². The van der Waals surface area contributed by atoms with Crippen molar-refractivity contribution in [3.63, 3.8) is 0 Å². The van der Waals surface area contributed by atoms with Crippen LogP contribution < -0.4 is 5.32 Å². The lowest BCUT2D eigenvalue weighted by atomic mass is 10.3. The van der Waals surface area contributed by atoms with Crippen LogP contribution in [-0.2, 0) is 9.53 Å². The van der Waals surface area contributed by atoms with Crippen LogP contribution in [0.3, 0.4) is 0 Å². The number of carbonyl (C=O) groups excluding carboxylic acids is 1. The first-order chi connectivity index (χ1) is 7.29. The third-order valence-corrected chi connectivity index (χ3v) is 3.69. The number of thioether (sulfide) groups is 1. The van der Waals surface area contributed by atoms with Gasteiger partial charge >= 0.3 is 0 Å². The fourth-order valence-electron chi connectivity index (χ4n) is 1.73. The number of nitrogens with zero attached hydrogens (tertiary/aromatic N) is 1. The molecule has 4 nitrogen and oxygen atoms in total. The Bertz CT molecular complexity index is 285. The van der Waals surface area contributed by atoms with Crippen molar-refractivity contribution in [3.05, 3.63) is 10.7 Å². The van der Waals surface area contributed by atoms with Gasteiger partial charge < -0.3 is 15.0 Å². The molecule has 0 aromatic carbocycles. The van der Waals surface area contributed by atoms with Crippen LogP contribution in [0.1, 0.15) is 6.92 Å². The average Bonchev–Trinajstić information content (AvgIpc) is 2.30. The van der Waals surface area contributed by atoms with Gasteiger partial charge in [-0.3, -0.25) is 4.79 Å². The van der Waals surface area contributed by atoms with Gasteiger partial charge in [-0.05, 0) is 6.92 Å². The Morgan fingerprint density at radius 3 is 2.87 bits per heavy atom. The average molecular weight is 228 g/mol. The summed E-state index contributed by atoms with van der Waals surface area (Å²) in [5, 5.41) is 3.24. The summed E-state index contributed by atoms with van der Waals surface area (Å²) in [6, 6.07) is 0. The van der Waals surface area contributed by atoms with Crippen molar-refractivity contribution in [1.82, 2.24) is 10.2 Å². The van der Waals surface area contributed by atoms with E-state index in [-0.39, 0.29) is 5.91 Å². The monoisotopic (exact) mass is 228 g/mol. The minimum absolute atomic E-state index is 0.138. The molecule has 1 N–H and O–H groups in total. The third kappa shape index (κ3) is 2.46. The summed E-state index contributed by atoms with van der Waals surface area (Å²) in [4.78, 5) is 14.8. The third-order valence-electron chi connectivity index (χ3n) is 2.57. The molecular formula is C10H16N2O2S. The van der Waals surface area contributed by atoms with Gasteiger partial charge in [0.05, 0.1) is 6.61 Å². The summed E-state index contributed by atoms with van der Waals surface area (Å²) in [6.45, 7) is 5.98. The molecule has 0 aromatic rings. The number of allylic oxidation sites excluding steroid dienone is 1. The summed E-state index contributed by atoms with van der Waals surface area (Å²) in [5.41, 5.74) is 0. The van der Waals surface area contributed by atoms with Crippen molar-refractivity contribution in [1.29, 1.82) is 0 Å². The highest BCUT2D eigenvalue weighted by Crippen LogP contribution is 2.27. The zero-order valence-electron chi connectivity index (χ0n) is 8.91. The Labute approximate surface area is 94.0 Å². The summed E-state index contributed by atoms with van der Waals surface area (Å²) in [5.74, 6) is 1.80. The Morgan fingerprint density at radius 1 is 1.47 bits per heavy atom. The SMILES string of the molecule is CC1=C(C(=O)N2CCNCC2)SCCO1. The number of ether oxygens (including phenoxy) is 1. The molecule has 2 heterocycles. The quantitative estimate of drug-likeness (QED) is 0.706. The number of piperazine rings is 1. The summed E-state index contributed by atoms with van der Waals surface area (Å²) >= 11 is 1.62. The number of hydrogen-bond donors (Lipinski definition) is 1. The highest BCUT2D eigenvalue weighted by Gasteiger charge is 2.24. The van der Waals surface area contributed by atoms with Crippen LogP contribution in [0, 0.1) is 0 Å². The molecule has 0 atom stereocenters. The number of nitrogens with one attached hydrogen (secondary N) is 1. The van der Waals surface area contributed by atoms with Gasteiger partial charge in [-0.2, -0.15) is 0 Å². The molecule has 0 bridgehead atoms. The molecule has 0 aromatic heterocycles. The highest BCUT2D eigenvalue weighted by atomic mass is 32.2. The van der Waals surface area contributed by atoms with Gasteiger partial charge in [0.1, 0.15) is 10.7 Å². The number of amides is 1. The predicted molar refractivity (Wildman–Crippen MR) is 60.6 cm³/mol. The Hall–Kier alpha value is -0.680. The Balaban J connectivity index is 2.05. The van der Waals surface area contributed by atoms with Crippen LogP contribution in [0.25, 0.3) is 0 Å². The zero-order valence-corrected chi connectivity index (χ0v) is 9.73. The molecule has 1 amide bonds. The van der Waals surface area contributed by atoms with E-state index in [4.69, 9.17) is 4.74 Å². The van der Waals surface area contributed by atoms with Gasteiger partial charge in [-0.1, -0.05) is 0 Å². The molecule has 84 valence electrons. The minimum atomic E-state index is 0.138. The maximum Gasteiger partial charge on any atom is 0.263 e. The number of rotatable bonds is 1. The fourth-order valence-corrected chi connectivity index (χ4v) is 2.62. The first kappa shape index (κ1) is 10.8. The van der Waals surface area contributed by atoms with Gasteiger partial charge in [0.2, 0.25) is 0 Å². The van der Waals surface area contributed by atoms with E-state index >= 15 is 0 Å². The van der Waals surface area contributed by atoms with E-state index in [9.17, 15) is 4.79 Å². The summed E-state index contributed by atoms with van der Waals surface area (Å²) in [7, 11) is 0. The van der Waals surface area contributed by atoms with E-state index in [1.54, 1.807) is 11.8 Å². The summed E-state index contributed by atoms with van der Waals surface area (Å²) < 4.78 is 5.40. The van der Waals surface area contributed by atoms with Crippen LogP contribution in [0.5, 0.6) is 0 Å². The largest absolute Gasteiger partial charge is 0.496 e. The molecule has 0 aliphatic carbocycles. The van der Waals surface area contributed by atoms with Gasteiger partial charge in [-0.25, -0.2) is 0 Å². The van der Waals surface area contributed by atoms with Gasteiger partial charge in [-0.15, -0.1) is 11.8 Å². The van der Waals surface area contributed by atoms with Gasteiger partial charge in [0.15, 0.2) is 0 Å². The van der Waals surface area contributed by atoms with Crippen LogP contribution >= 0.6 is 11.8 Å². The van der Waals surface area contributed by atoms with Crippen LogP contribution in [0.2, 0.25) is 0 Å². The predicted octanol–water partition coefficient (Wildman–Crippen LogP) is 0.413. The zero-order chi connectivity index (χ0) is 10.7. The molecule has 2 aliphatic rings. The second-order valence-corrected chi connectivity index (χ2v) is 4.73. The molecule has 1 fully saturated rings. The number of hydrogen-bond acceptors (Lipinski definition) is 4. The smallest absolute Gasteiger partial charge is 0.263 e. The lowest BCUT2D eigenvalue weighted by Gasteiger charge is -2.29. The molecule has 2 aliphatic heterocycles. The van der Waals surface area contributed by atoms with E-state index in [0.29, 0.717) is 0 Å². The van der Waals surface area contributed by atoms with Gasteiger partial charge in [0.25, 0.3) is 5.91 Å². The second kappa shape index (κ2) is 4.90. The Morgan fingerprint density at radius 2 is 2.20 bits per heavy atom. The first-order valence-electron chi connectivity index (χ1n) is 5.25. The van der Waals surface area contributed by atoms with Crippen molar-refractivity contribution in [3.8, 4) is 0 Å². The maximum absolute atomic E-state index is 12.1. The van der Waals surface area contributed by atoms with E-state index in [1.807, 2.05) is 11.8 Å². The number of carbonyl (C=O) groups is 1. The molecular weight excluding hydrogens is 212 g/mol. The molecule has 1 saturated heterocycles. The van der Waals surface area contributed by atoms with Crippen LogP contribution in [0.15, 0.2) is 10.7 Å². The topological polar surface area (TPSA) is 41.6 Å². The van der Waals surface area contributed by atoms with Crippen LogP contribution in [-0.4, -0.2) is 49.3 Å². The van der Waals surface area contributed by atoms with Crippen molar-refractivity contribution < 1.29 is 9.53 Å². The van der Waals surface area contributed by atoms with E-state index in [2.05, 4.69) is 5.32 Å². The molecule has 0 saturated carbocycles. The lowest BCUT2D eigenvalue weighted by Crippen LogP contribution is -2.47. The molecule has 0 spiro atoms. The molecule has 5 heteroatoms. The standard InChI is InChI=1S/C10H16N2O2S/c1-8-9(15-7-6-14-8)10(13)12-4-2-11-3-5-12/h11H,2-7H2,1H3. The molecule has 2 rings (SSSR count). The molecule has 0 radical (unpaired) electrons. The first-order valence-corrected chi connectivity index (χ1v) is 6.24. The van der Waals surface area contributed by atoms with Crippen molar-refractivity contribution in [2.45, 2.75) is 6.92 Å². The van der Waals surface area contributed by atoms with Crippen molar-refractivity contribution in [2.24, 2.45) is 0 Å². The highest BCUT2D eigenvalue weighted by molar-refractivity contribution is 8.04. The summed E-state index contributed by atoms with van der Waals surface area (Å²) in [6.07, 6.45) is 0. The maximum atomic E-state index is 12.1. The van der Waals surface area contributed by atoms with E-state index < -0.39 is 0 Å². The van der Waals surface area contributed by atoms with Crippen molar-refractivity contribution in [2.75, 3.05) is 38.5 Å². The second-order valence-electron chi connectivity index (χ2n) is 3.62.